The van der Waals surface area contributed by atoms with E-state index >= 15 is 0 Å². The van der Waals surface area contributed by atoms with E-state index in [0.29, 0.717) is 13.2 Å². The van der Waals surface area contributed by atoms with Gasteiger partial charge in [0, 0.05) is 13.7 Å². The van der Waals surface area contributed by atoms with E-state index in [-0.39, 0.29) is 18.2 Å². The van der Waals surface area contributed by atoms with Crippen molar-refractivity contribution >= 4 is 5.97 Å². The zero-order valence-corrected chi connectivity index (χ0v) is 12.7. The molecule has 0 amide bonds. The molecule has 0 spiro atoms. The van der Waals surface area contributed by atoms with Crippen molar-refractivity contribution in [1.82, 2.24) is 5.32 Å². The molecule has 1 N–H and O–H groups in total. The lowest BCUT2D eigenvalue weighted by Crippen LogP contribution is -2.33. The predicted octanol–water partition coefficient (Wildman–Crippen LogP) is 1.29. The normalized spacial score (nSPS) is 13.3. The quantitative estimate of drug-likeness (QED) is 0.349. The number of hydrogen-bond donors (Lipinski definition) is 1. The van der Waals surface area contributed by atoms with Gasteiger partial charge in [-0.1, -0.05) is 0 Å². The van der Waals surface area contributed by atoms with Crippen LogP contribution in [0.1, 0.15) is 33.6 Å². The lowest BCUT2D eigenvalue weighted by atomic mass is 10.1. The SMILES string of the molecule is COOC(=O)CNCCC(C)(C)OCCC(C)OC. The molecule has 0 fully saturated rings. The highest BCUT2D eigenvalue weighted by atomic mass is 17.2. The topological polar surface area (TPSA) is 66.0 Å². The molecule has 6 nitrogen and oxygen atoms in total. The highest BCUT2D eigenvalue weighted by Crippen LogP contribution is 2.14. The Morgan fingerprint density at radius 2 is 2.00 bits per heavy atom. The molecule has 1 atom stereocenters. The molecule has 114 valence electrons. The molecular formula is C13H27NO5. The molecular weight excluding hydrogens is 250 g/mol. The van der Waals surface area contributed by atoms with Gasteiger partial charge in [-0.05, 0) is 40.2 Å². The van der Waals surface area contributed by atoms with Gasteiger partial charge in [-0.15, -0.1) is 0 Å². The Labute approximate surface area is 115 Å². The Morgan fingerprint density at radius 1 is 1.32 bits per heavy atom. The van der Waals surface area contributed by atoms with Crippen LogP contribution in [0.5, 0.6) is 0 Å². The summed E-state index contributed by atoms with van der Waals surface area (Å²) in [6.45, 7) is 7.53. The van der Waals surface area contributed by atoms with Gasteiger partial charge in [0.2, 0.25) is 0 Å². The summed E-state index contributed by atoms with van der Waals surface area (Å²) in [5.41, 5.74) is -0.231. The van der Waals surface area contributed by atoms with E-state index in [0.717, 1.165) is 12.8 Å². The summed E-state index contributed by atoms with van der Waals surface area (Å²) < 4.78 is 11.0. The molecule has 0 aliphatic rings. The van der Waals surface area contributed by atoms with Crippen molar-refractivity contribution in [2.75, 3.05) is 33.9 Å². The van der Waals surface area contributed by atoms with Gasteiger partial charge in [-0.3, -0.25) is 4.89 Å². The molecule has 19 heavy (non-hydrogen) atoms. The molecule has 0 rings (SSSR count). The van der Waals surface area contributed by atoms with E-state index < -0.39 is 5.97 Å². The van der Waals surface area contributed by atoms with Gasteiger partial charge >= 0.3 is 5.97 Å². The molecule has 6 heteroatoms. The number of hydrogen-bond acceptors (Lipinski definition) is 6. The van der Waals surface area contributed by atoms with Crippen LogP contribution in [0.3, 0.4) is 0 Å². The van der Waals surface area contributed by atoms with Crippen LogP contribution in [0.15, 0.2) is 0 Å². The van der Waals surface area contributed by atoms with Gasteiger partial charge in [0.05, 0.1) is 25.4 Å². The largest absolute Gasteiger partial charge is 0.382 e. The van der Waals surface area contributed by atoms with Crippen molar-refractivity contribution < 1.29 is 24.0 Å². The first-order chi connectivity index (χ1) is 8.91. The van der Waals surface area contributed by atoms with Crippen LogP contribution in [-0.4, -0.2) is 51.6 Å². The average Bonchev–Trinajstić information content (AvgIpc) is 2.34. The fraction of sp³-hybridized carbons (Fsp3) is 0.923. The van der Waals surface area contributed by atoms with Crippen molar-refractivity contribution in [1.29, 1.82) is 0 Å². The van der Waals surface area contributed by atoms with Crippen LogP contribution in [0.25, 0.3) is 0 Å². The lowest BCUT2D eigenvalue weighted by molar-refractivity contribution is -0.253. The van der Waals surface area contributed by atoms with Gasteiger partial charge in [0.15, 0.2) is 0 Å². The smallest absolute Gasteiger partial charge is 0.355 e. The maximum atomic E-state index is 11.0. The summed E-state index contributed by atoms with van der Waals surface area (Å²) in [5.74, 6) is -0.435. The van der Waals surface area contributed by atoms with E-state index in [1.54, 1.807) is 7.11 Å². The Kier molecular flexibility index (Phi) is 9.77. The van der Waals surface area contributed by atoms with E-state index in [9.17, 15) is 4.79 Å². The van der Waals surface area contributed by atoms with Gasteiger partial charge in [0.25, 0.3) is 0 Å². The number of methoxy groups -OCH3 is 1. The molecule has 0 radical (unpaired) electrons. The molecule has 1 unspecified atom stereocenters. The standard InChI is InChI=1S/C13H27NO5/c1-11(16-4)6-9-18-13(2,3)7-8-14-10-12(15)19-17-5/h11,14H,6-10H2,1-5H3. The van der Waals surface area contributed by atoms with Crippen LogP contribution in [0, 0.1) is 0 Å². The molecule has 0 aromatic heterocycles. The van der Waals surface area contributed by atoms with Gasteiger partial charge in [-0.25, -0.2) is 4.79 Å². The van der Waals surface area contributed by atoms with Gasteiger partial charge in [-0.2, -0.15) is 4.89 Å². The first-order valence-electron chi connectivity index (χ1n) is 6.52. The van der Waals surface area contributed by atoms with Crippen molar-refractivity contribution in [2.45, 2.75) is 45.3 Å². The summed E-state index contributed by atoms with van der Waals surface area (Å²) >= 11 is 0. The maximum Gasteiger partial charge on any atom is 0.355 e. The summed E-state index contributed by atoms with van der Waals surface area (Å²) in [5, 5.41) is 2.98. The molecule has 0 aromatic carbocycles. The number of rotatable bonds is 11. The van der Waals surface area contributed by atoms with E-state index in [1.807, 2.05) is 20.8 Å². The zero-order chi connectivity index (χ0) is 14.7. The fourth-order valence-corrected chi connectivity index (χ4v) is 1.39. The molecule has 0 saturated carbocycles. The fourth-order valence-electron chi connectivity index (χ4n) is 1.39. The minimum Gasteiger partial charge on any atom is -0.382 e. The molecule has 0 bridgehead atoms. The maximum absolute atomic E-state index is 11.0. The summed E-state index contributed by atoms with van der Waals surface area (Å²) in [4.78, 5) is 19.6. The van der Waals surface area contributed by atoms with Crippen LogP contribution >= 0.6 is 0 Å². The Balaban J connectivity index is 3.64. The zero-order valence-electron chi connectivity index (χ0n) is 12.7. The number of ether oxygens (including phenoxy) is 2. The molecule has 0 aliphatic heterocycles. The van der Waals surface area contributed by atoms with E-state index in [4.69, 9.17) is 9.47 Å². The first-order valence-corrected chi connectivity index (χ1v) is 6.52. The number of nitrogens with one attached hydrogen (secondary N) is 1. The Bertz CT molecular complexity index is 245. The second kappa shape index (κ2) is 10.1. The summed E-state index contributed by atoms with van der Waals surface area (Å²) in [6.07, 6.45) is 1.88. The van der Waals surface area contributed by atoms with Crippen LogP contribution in [0.2, 0.25) is 0 Å². The number of carbonyl (C=O) groups is 1. The minimum absolute atomic E-state index is 0.130. The first kappa shape index (κ1) is 18.3. The van der Waals surface area contributed by atoms with Crippen LogP contribution in [0.4, 0.5) is 0 Å². The lowest BCUT2D eigenvalue weighted by Gasteiger charge is -2.26. The van der Waals surface area contributed by atoms with Crippen LogP contribution in [-0.2, 0) is 24.0 Å². The van der Waals surface area contributed by atoms with Crippen molar-refractivity contribution in [2.24, 2.45) is 0 Å². The second-order valence-electron chi connectivity index (χ2n) is 4.99. The third kappa shape index (κ3) is 10.9. The monoisotopic (exact) mass is 277 g/mol. The summed E-state index contributed by atoms with van der Waals surface area (Å²) in [6, 6.07) is 0. The van der Waals surface area contributed by atoms with Crippen molar-refractivity contribution in [3.05, 3.63) is 0 Å². The predicted molar refractivity (Wildman–Crippen MR) is 71.7 cm³/mol. The highest BCUT2D eigenvalue weighted by molar-refractivity contribution is 5.70. The van der Waals surface area contributed by atoms with Crippen molar-refractivity contribution in [3.63, 3.8) is 0 Å². The van der Waals surface area contributed by atoms with Crippen LogP contribution < -0.4 is 5.32 Å². The third-order valence-electron chi connectivity index (χ3n) is 2.77. The van der Waals surface area contributed by atoms with E-state index in [1.165, 1.54) is 7.11 Å². The Morgan fingerprint density at radius 3 is 2.58 bits per heavy atom. The molecule has 0 saturated heterocycles. The number of carbonyl (C=O) groups excluding carboxylic acids is 1. The van der Waals surface area contributed by atoms with Gasteiger partial charge in [0.1, 0.15) is 0 Å². The third-order valence-corrected chi connectivity index (χ3v) is 2.77. The molecule has 0 heterocycles. The molecule has 0 aliphatic carbocycles. The molecule has 0 aromatic rings. The second-order valence-corrected chi connectivity index (χ2v) is 4.99. The summed E-state index contributed by atoms with van der Waals surface area (Å²) in [7, 11) is 2.99. The Hall–Kier alpha value is -0.690. The van der Waals surface area contributed by atoms with E-state index in [2.05, 4.69) is 15.1 Å². The van der Waals surface area contributed by atoms with Gasteiger partial charge < -0.3 is 14.8 Å². The average molecular weight is 277 g/mol. The highest BCUT2D eigenvalue weighted by Gasteiger charge is 2.18. The minimum atomic E-state index is -0.435. The van der Waals surface area contributed by atoms with Crippen molar-refractivity contribution in [3.8, 4) is 0 Å².